The van der Waals surface area contributed by atoms with Gasteiger partial charge < -0.3 is 5.32 Å². The van der Waals surface area contributed by atoms with Crippen LogP contribution in [-0.4, -0.2) is 22.8 Å². The van der Waals surface area contributed by atoms with Crippen LogP contribution in [0.3, 0.4) is 0 Å². The largest absolute Gasteiger partial charge is 0.312 e. The molecule has 0 aliphatic rings. The molecule has 0 aliphatic carbocycles. The van der Waals surface area contributed by atoms with Crippen molar-refractivity contribution in [2.75, 3.05) is 18.6 Å². The quantitative estimate of drug-likeness (QED) is 0.792. The lowest BCUT2D eigenvalue weighted by Gasteiger charge is -2.18. The molecule has 0 bridgehead atoms. The molecule has 2 nitrogen and oxygen atoms in total. The third-order valence-corrected chi connectivity index (χ3v) is 5.30. The molecule has 0 spiro atoms. The van der Waals surface area contributed by atoms with E-state index in [0.29, 0.717) is 11.7 Å². The summed E-state index contributed by atoms with van der Waals surface area (Å²) in [5.74, 6) is 2.05. The summed E-state index contributed by atoms with van der Waals surface area (Å²) in [6.45, 7) is 6.48. The highest BCUT2D eigenvalue weighted by molar-refractivity contribution is 7.85. The van der Waals surface area contributed by atoms with Gasteiger partial charge in [-0.2, -0.15) is 0 Å². The minimum Gasteiger partial charge on any atom is -0.312 e. The van der Waals surface area contributed by atoms with Crippen molar-refractivity contribution in [2.45, 2.75) is 39.7 Å². The highest BCUT2D eigenvalue weighted by Crippen LogP contribution is 2.16. The zero-order chi connectivity index (χ0) is 14.3. The Morgan fingerprint density at radius 2 is 1.79 bits per heavy atom. The summed E-state index contributed by atoms with van der Waals surface area (Å²) in [7, 11) is 1.19. The average Bonchev–Trinajstić information content (AvgIpc) is 2.44. The Bertz CT molecular complexity index is 388. The molecule has 3 atom stereocenters. The van der Waals surface area contributed by atoms with Crippen molar-refractivity contribution >= 4 is 10.8 Å². The van der Waals surface area contributed by atoms with E-state index >= 15 is 0 Å². The van der Waals surface area contributed by atoms with Crippen molar-refractivity contribution in [1.82, 2.24) is 5.32 Å². The summed E-state index contributed by atoms with van der Waals surface area (Å²) < 4.78 is 12.1. The van der Waals surface area contributed by atoms with Gasteiger partial charge in [-0.15, -0.1) is 0 Å². The summed E-state index contributed by atoms with van der Waals surface area (Å²) in [4.78, 5) is 0. The fraction of sp³-hybridized carbons (Fsp3) is 0.625. The molecule has 0 amide bonds. The van der Waals surface area contributed by atoms with Crippen molar-refractivity contribution in [1.29, 1.82) is 0 Å². The molecule has 0 heterocycles. The maximum absolute atomic E-state index is 12.1. The summed E-state index contributed by atoms with van der Waals surface area (Å²) in [6, 6.07) is 8.82. The van der Waals surface area contributed by atoms with Gasteiger partial charge in [-0.1, -0.05) is 51.5 Å². The molecule has 0 saturated carbocycles. The fourth-order valence-electron chi connectivity index (χ4n) is 2.02. The summed E-state index contributed by atoms with van der Waals surface area (Å²) >= 11 is 0. The van der Waals surface area contributed by atoms with Crippen molar-refractivity contribution in [3.05, 3.63) is 35.4 Å². The molecular formula is C16H27NOS. The highest BCUT2D eigenvalue weighted by Gasteiger charge is 2.14. The third kappa shape index (κ3) is 5.45. The minimum absolute atomic E-state index is 0.191. The Hall–Kier alpha value is -0.670. The van der Waals surface area contributed by atoms with Crippen LogP contribution in [0.25, 0.3) is 0 Å². The van der Waals surface area contributed by atoms with Crippen LogP contribution < -0.4 is 5.32 Å². The van der Waals surface area contributed by atoms with Crippen LogP contribution in [0.5, 0.6) is 0 Å². The third-order valence-electron chi connectivity index (χ3n) is 3.66. The Morgan fingerprint density at radius 3 is 2.26 bits per heavy atom. The van der Waals surface area contributed by atoms with Crippen LogP contribution in [0.4, 0.5) is 0 Å². The maximum atomic E-state index is 12.1. The lowest BCUT2D eigenvalue weighted by molar-refractivity contribution is 0.602. The first-order valence-electron chi connectivity index (χ1n) is 7.21. The van der Waals surface area contributed by atoms with E-state index in [0.717, 1.165) is 18.6 Å². The monoisotopic (exact) mass is 281 g/mol. The Balaban J connectivity index is 2.64. The molecule has 0 saturated heterocycles. The topological polar surface area (TPSA) is 29.1 Å². The van der Waals surface area contributed by atoms with Gasteiger partial charge in [-0.05, 0) is 30.5 Å². The van der Waals surface area contributed by atoms with Crippen molar-refractivity contribution in [3.63, 3.8) is 0 Å². The van der Waals surface area contributed by atoms with Gasteiger partial charge in [0.25, 0.3) is 0 Å². The molecule has 0 radical (unpaired) electrons. The van der Waals surface area contributed by atoms with Crippen LogP contribution >= 0.6 is 0 Å². The van der Waals surface area contributed by atoms with Crippen LogP contribution in [0, 0.1) is 5.92 Å². The van der Waals surface area contributed by atoms with Gasteiger partial charge >= 0.3 is 0 Å². The van der Waals surface area contributed by atoms with Crippen molar-refractivity contribution in [3.8, 4) is 0 Å². The SMILES string of the molecule is CCc1ccc(C(CS(=O)CC(C)CC)NC)cc1. The number of hydrogen-bond donors (Lipinski definition) is 1. The summed E-state index contributed by atoms with van der Waals surface area (Å²) in [6.07, 6.45) is 2.16. The van der Waals surface area contributed by atoms with E-state index in [1.165, 1.54) is 11.1 Å². The average molecular weight is 281 g/mol. The van der Waals surface area contributed by atoms with Crippen LogP contribution in [0.2, 0.25) is 0 Å². The van der Waals surface area contributed by atoms with Gasteiger partial charge in [0.15, 0.2) is 0 Å². The van der Waals surface area contributed by atoms with Crippen LogP contribution in [0.15, 0.2) is 24.3 Å². The predicted octanol–water partition coefficient (Wildman–Crippen LogP) is 3.30. The molecule has 1 aromatic carbocycles. The number of rotatable bonds is 8. The molecule has 0 aliphatic heterocycles. The fourth-order valence-corrected chi connectivity index (χ4v) is 3.76. The molecule has 108 valence electrons. The minimum atomic E-state index is -0.750. The first-order chi connectivity index (χ1) is 9.10. The first kappa shape index (κ1) is 16.4. The number of benzene rings is 1. The standard InChI is InChI=1S/C16H27NOS/c1-5-13(3)11-19(18)12-16(17-4)15-9-7-14(6-2)8-10-15/h7-10,13,16-17H,5-6,11-12H2,1-4H3. The second-order valence-corrected chi connectivity index (χ2v) is 6.77. The smallest absolute Gasteiger partial charge is 0.0434 e. The Kier molecular flexibility index (Phi) is 7.32. The molecule has 1 rings (SSSR count). The molecule has 0 aromatic heterocycles. The lowest BCUT2D eigenvalue weighted by Crippen LogP contribution is -2.24. The summed E-state index contributed by atoms with van der Waals surface area (Å²) in [5, 5.41) is 3.28. The Morgan fingerprint density at radius 1 is 1.16 bits per heavy atom. The maximum Gasteiger partial charge on any atom is 0.0434 e. The van der Waals surface area contributed by atoms with Crippen molar-refractivity contribution in [2.24, 2.45) is 5.92 Å². The zero-order valence-corrected chi connectivity index (χ0v) is 13.4. The molecule has 1 N–H and O–H groups in total. The molecule has 0 fully saturated rings. The van der Waals surface area contributed by atoms with Gasteiger partial charge in [0.05, 0.1) is 0 Å². The van der Waals surface area contributed by atoms with E-state index in [9.17, 15) is 4.21 Å². The van der Waals surface area contributed by atoms with E-state index in [1.807, 2.05) is 7.05 Å². The van der Waals surface area contributed by atoms with Gasteiger partial charge in [0, 0.05) is 28.3 Å². The van der Waals surface area contributed by atoms with Crippen LogP contribution in [-0.2, 0) is 17.2 Å². The molecule has 3 heteroatoms. The van der Waals surface area contributed by atoms with Crippen LogP contribution in [0.1, 0.15) is 44.4 Å². The molecule has 19 heavy (non-hydrogen) atoms. The van der Waals surface area contributed by atoms with E-state index in [4.69, 9.17) is 0 Å². The van der Waals surface area contributed by atoms with E-state index in [1.54, 1.807) is 0 Å². The highest BCUT2D eigenvalue weighted by atomic mass is 32.2. The van der Waals surface area contributed by atoms with Gasteiger partial charge in [0.1, 0.15) is 0 Å². The second kappa shape index (κ2) is 8.49. The lowest BCUT2D eigenvalue weighted by atomic mass is 10.1. The van der Waals surface area contributed by atoms with Gasteiger partial charge in [0.2, 0.25) is 0 Å². The van der Waals surface area contributed by atoms with Gasteiger partial charge in [-0.25, -0.2) is 0 Å². The Labute approximate surface area is 120 Å². The van der Waals surface area contributed by atoms with E-state index in [-0.39, 0.29) is 6.04 Å². The number of nitrogens with one attached hydrogen (secondary N) is 1. The normalized spacial score (nSPS) is 16.0. The number of hydrogen-bond acceptors (Lipinski definition) is 2. The van der Waals surface area contributed by atoms with Gasteiger partial charge in [-0.3, -0.25) is 4.21 Å². The first-order valence-corrected chi connectivity index (χ1v) is 8.70. The number of aryl methyl sites for hydroxylation is 1. The molecule has 1 aromatic rings. The van der Waals surface area contributed by atoms with E-state index < -0.39 is 10.8 Å². The summed E-state index contributed by atoms with van der Waals surface area (Å²) in [5.41, 5.74) is 2.58. The molecule has 3 unspecified atom stereocenters. The predicted molar refractivity (Wildman–Crippen MR) is 85.0 cm³/mol. The second-order valence-electron chi connectivity index (χ2n) is 5.22. The van der Waals surface area contributed by atoms with Crippen molar-refractivity contribution < 1.29 is 4.21 Å². The zero-order valence-electron chi connectivity index (χ0n) is 12.6. The van der Waals surface area contributed by atoms with E-state index in [2.05, 4.69) is 50.4 Å². The molecular weight excluding hydrogens is 254 g/mol.